The Kier molecular flexibility index (Phi) is 6.84. The van der Waals surface area contributed by atoms with Crippen molar-refractivity contribution in [3.05, 3.63) is 48.5 Å². The van der Waals surface area contributed by atoms with E-state index in [2.05, 4.69) is 30.1 Å². The number of urea groups is 1. The molecule has 4 N–H and O–H groups in total. The number of nitrogens with zero attached hydrogens (tertiary/aromatic N) is 2. The summed E-state index contributed by atoms with van der Waals surface area (Å²) < 4.78 is 55.2. The highest BCUT2D eigenvalue weighted by atomic mass is 32.2. The van der Waals surface area contributed by atoms with E-state index in [0.717, 1.165) is 12.8 Å². The zero-order chi connectivity index (χ0) is 24.2. The lowest BCUT2D eigenvalue weighted by Gasteiger charge is -2.12. The van der Waals surface area contributed by atoms with Gasteiger partial charge in [0.05, 0.1) is 9.79 Å². The molecule has 13 heteroatoms. The maximum absolute atomic E-state index is 12.6. The smallest absolute Gasteiger partial charge is 0.308 e. The van der Waals surface area contributed by atoms with E-state index in [4.69, 9.17) is 0 Å². The van der Waals surface area contributed by atoms with Gasteiger partial charge in [-0.1, -0.05) is 12.1 Å². The molecular weight excluding hydrogens is 480 g/mol. The van der Waals surface area contributed by atoms with Crippen LogP contribution in [0.1, 0.15) is 25.7 Å². The normalized spacial score (nSPS) is 15.9. The summed E-state index contributed by atoms with van der Waals surface area (Å²) in [5.74, 6) is 0.834. The summed E-state index contributed by atoms with van der Waals surface area (Å²) in [6.07, 6.45) is 2.73. The van der Waals surface area contributed by atoms with Crippen LogP contribution in [-0.2, 0) is 20.0 Å². The average Bonchev–Trinajstić information content (AvgIpc) is 3.48. The van der Waals surface area contributed by atoms with Crippen LogP contribution in [0.25, 0.3) is 0 Å². The first-order valence-electron chi connectivity index (χ1n) is 10.6. The highest BCUT2D eigenvalue weighted by Crippen LogP contribution is 2.19. The molecule has 4 rings (SSSR count). The molecule has 0 atom stereocenters. The Labute approximate surface area is 197 Å². The van der Waals surface area contributed by atoms with Gasteiger partial charge >= 0.3 is 6.03 Å². The van der Waals surface area contributed by atoms with Crippen molar-refractivity contribution in [3.8, 4) is 0 Å². The molecule has 0 fully saturated rings. The molecule has 0 unspecified atom stereocenters. The van der Waals surface area contributed by atoms with E-state index in [-0.39, 0.29) is 21.2 Å². The minimum atomic E-state index is -3.83. The number of hydrogen-bond acceptors (Lipinski definition) is 7. The summed E-state index contributed by atoms with van der Waals surface area (Å²) in [7, 11) is -7.66. The number of rotatable bonds is 6. The Morgan fingerprint density at radius 3 is 1.53 bits per heavy atom. The second-order valence-corrected chi connectivity index (χ2v) is 11.1. The predicted molar refractivity (Wildman–Crippen MR) is 129 cm³/mol. The maximum Gasteiger partial charge on any atom is 0.323 e. The maximum atomic E-state index is 12.6. The van der Waals surface area contributed by atoms with Crippen LogP contribution >= 0.6 is 0 Å². The van der Waals surface area contributed by atoms with Crippen molar-refractivity contribution in [2.45, 2.75) is 35.5 Å². The Bertz CT molecular complexity index is 1270. The Hall–Kier alpha value is -3.45. The van der Waals surface area contributed by atoms with Crippen molar-refractivity contribution in [2.24, 2.45) is 9.98 Å². The summed E-state index contributed by atoms with van der Waals surface area (Å²) >= 11 is 0. The van der Waals surface area contributed by atoms with Crippen LogP contribution in [0.4, 0.5) is 16.2 Å². The number of amides is 2. The molecule has 0 radical (unpaired) electrons. The average molecular weight is 505 g/mol. The minimum Gasteiger partial charge on any atom is -0.308 e. The van der Waals surface area contributed by atoms with E-state index in [0.29, 0.717) is 37.6 Å². The molecule has 0 saturated carbocycles. The molecule has 0 spiro atoms. The first-order valence-corrected chi connectivity index (χ1v) is 13.6. The summed E-state index contributed by atoms with van der Waals surface area (Å²) in [6.45, 7) is 1.18. The first-order chi connectivity index (χ1) is 16.2. The van der Waals surface area contributed by atoms with Crippen molar-refractivity contribution in [1.82, 2.24) is 9.44 Å². The number of carbonyl (C=O) groups is 1. The molecule has 0 bridgehead atoms. The van der Waals surface area contributed by atoms with Gasteiger partial charge < -0.3 is 10.6 Å². The van der Waals surface area contributed by atoms with Crippen LogP contribution < -0.4 is 20.1 Å². The van der Waals surface area contributed by atoms with Crippen LogP contribution in [0, 0.1) is 0 Å². The van der Waals surface area contributed by atoms with Crippen molar-refractivity contribution in [3.63, 3.8) is 0 Å². The van der Waals surface area contributed by atoms with E-state index >= 15 is 0 Å². The van der Waals surface area contributed by atoms with Crippen LogP contribution in [0.2, 0.25) is 0 Å². The molecule has 2 heterocycles. The second kappa shape index (κ2) is 9.81. The van der Waals surface area contributed by atoms with E-state index < -0.39 is 26.1 Å². The van der Waals surface area contributed by atoms with Crippen molar-refractivity contribution >= 4 is 49.1 Å². The van der Waals surface area contributed by atoms with Gasteiger partial charge in [0.15, 0.2) is 0 Å². The monoisotopic (exact) mass is 504 g/mol. The second-order valence-electron chi connectivity index (χ2n) is 7.71. The zero-order valence-electron chi connectivity index (χ0n) is 18.1. The third-order valence-corrected chi connectivity index (χ3v) is 7.82. The summed E-state index contributed by atoms with van der Waals surface area (Å²) in [4.78, 5) is 20.7. The largest absolute Gasteiger partial charge is 0.323 e. The lowest BCUT2D eigenvalue weighted by Crippen LogP contribution is -2.29. The lowest BCUT2D eigenvalue weighted by molar-refractivity contribution is 0.262. The number of carbonyl (C=O) groups excluding carboxylic acids is 1. The number of amidine groups is 2. The van der Waals surface area contributed by atoms with Gasteiger partial charge in [0.25, 0.3) is 20.0 Å². The molecule has 0 aromatic heterocycles. The number of nitrogens with one attached hydrogen (secondary N) is 4. The Balaban J connectivity index is 1.42. The summed E-state index contributed by atoms with van der Waals surface area (Å²) in [5.41, 5.74) is 0.497. The van der Waals surface area contributed by atoms with Gasteiger partial charge in [0.2, 0.25) is 0 Å². The highest BCUT2D eigenvalue weighted by molar-refractivity contribution is 7.90. The van der Waals surface area contributed by atoms with Crippen molar-refractivity contribution in [1.29, 1.82) is 0 Å². The van der Waals surface area contributed by atoms with Crippen LogP contribution in [0.15, 0.2) is 68.3 Å². The Morgan fingerprint density at radius 2 is 1.15 bits per heavy atom. The minimum absolute atomic E-state index is 0.0195. The molecule has 2 amide bonds. The van der Waals surface area contributed by atoms with Crippen molar-refractivity contribution in [2.75, 3.05) is 23.7 Å². The molecule has 11 nitrogen and oxygen atoms in total. The number of aliphatic imine (C=N–C) groups is 2. The fraction of sp³-hybridized carbons (Fsp3) is 0.286. The molecule has 2 aromatic carbocycles. The van der Waals surface area contributed by atoms with Gasteiger partial charge in [-0.25, -0.2) is 21.6 Å². The van der Waals surface area contributed by atoms with E-state index in [9.17, 15) is 21.6 Å². The van der Waals surface area contributed by atoms with E-state index in [1.165, 1.54) is 36.4 Å². The third kappa shape index (κ3) is 5.91. The number of benzene rings is 2. The standard InChI is InChI=1S/C21H24N6O5S2/c28-21(24-15-5-1-7-17(13-15)33(29,30)26-19-9-3-11-22-19)25-16-6-2-8-18(14-16)34(31,32)27-20-10-4-12-23-20/h1-2,5-8,13-14H,3-4,9-12H2,(H,22,26)(H,23,27)(H2,24,25,28). The molecule has 2 aromatic rings. The molecule has 180 valence electrons. The predicted octanol–water partition coefficient (Wildman–Crippen LogP) is 2.27. The van der Waals surface area contributed by atoms with Crippen molar-refractivity contribution < 1.29 is 21.6 Å². The first kappa shape index (κ1) is 23.7. The fourth-order valence-corrected chi connectivity index (χ4v) is 5.72. The van der Waals surface area contributed by atoms with Crippen LogP contribution in [-0.4, -0.2) is 47.6 Å². The summed E-state index contributed by atoms with van der Waals surface area (Å²) in [6, 6.07) is 10.9. The van der Waals surface area contributed by atoms with Gasteiger partial charge in [-0.05, 0) is 49.2 Å². The van der Waals surface area contributed by atoms with Crippen LogP contribution in [0.3, 0.4) is 0 Å². The topological polar surface area (TPSA) is 158 Å². The van der Waals surface area contributed by atoms with Crippen LogP contribution in [0.5, 0.6) is 0 Å². The molecule has 2 aliphatic heterocycles. The molecule has 34 heavy (non-hydrogen) atoms. The van der Waals surface area contributed by atoms with Gasteiger partial charge in [0.1, 0.15) is 11.7 Å². The third-order valence-electron chi connectivity index (χ3n) is 5.06. The highest BCUT2D eigenvalue weighted by Gasteiger charge is 2.20. The Morgan fingerprint density at radius 1 is 0.706 bits per heavy atom. The van der Waals surface area contributed by atoms with E-state index in [1.807, 2.05) is 0 Å². The zero-order valence-corrected chi connectivity index (χ0v) is 19.7. The summed E-state index contributed by atoms with van der Waals surface area (Å²) in [5, 5.41) is 5.11. The van der Waals surface area contributed by atoms with E-state index in [1.54, 1.807) is 12.1 Å². The number of sulfonamides is 2. The molecule has 0 aliphatic carbocycles. The number of hydrogen-bond donors (Lipinski definition) is 4. The van der Waals surface area contributed by atoms with Gasteiger partial charge in [-0.15, -0.1) is 0 Å². The van der Waals surface area contributed by atoms with Gasteiger partial charge in [0, 0.05) is 37.3 Å². The SMILES string of the molecule is O=C(Nc1cccc(S(=O)(=O)NC2=NCCC2)c1)Nc1cccc(S(=O)(=O)NC2=NCCC2)c1. The fourth-order valence-electron chi connectivity index (χ4n) is 3.45. The molecule has 2 aliphatic rings. The lowest BCUT2D eigenvalue weighted by atomic mass is 10.3. The molecular formula is C21H24N6O5S2. The quantitative estimate of drug-likeness (QED) is 0.474. The molecule has 0 saturated heterocycles. The van der Waals surface area contributed by atoms with Gasteiger partial charge in [-0.2, -0.15) is 0 Å². The number of anilines is 2. The van der Waals surface area contributed by atoms with Gasteiger partial charge in [-0.3, -0.25) is 19.4 Å².